The second-order valence-corrected chi connectivity index (χ2v) is 3.55. The van der Waals surface area contributed by atoms with Gasteiger partial charge in [-0.05, 0) is 44.1 Å². The maximum atomic E-state index is 5.38. The Labute approximate surface area is 98.3 Å². The van der Waals surface area contributed by atoms with E-state index in [2.05, 4.69) is 36.5 Å². The zero-order chi connectivity index (χ0) is 11.6. The van der Waals surface area contributed by atoms with E-state index in [-0.39, 0.29) is 0 Å². The third kappa shape index (κ3) is 4.99. The molecule has 1 aromatic carbocycles. The van der Waals surface area contributed by atoms with E-state index in [1.165, 1.54) is 5.56 Å². The molecule has 16 heavy (non-hydrogen) atoms. The average Bonchev–Trinajstić information content (AvgIpc) is 2.31. The van der Waals surface area contributed by atoms with Crippen LogP contribution < -0.4 is 10.1 Å². The average molecular weight is 219 g/mol. The number of hydrogen-bond acceptors (Lipinski definition) is 2. The molecule has 0 fully saturated rings. The number of ether oxygens (including phenoxy) is 1. The van der Waals surface area contributed by atoms with Gasteiger partial charge in [-0.15, -0.1) is 0 Å². The first-order valence-corrected chi connectivity index (χ1v) is 5.97. The van der Waals surface area contributed by atoms with Crippen molar-refractivity contribution in [2.75, 3.05) is 19.7 Å². The lowest BCUT2D eigenvalue weighted by atomic mass is 10.2. The molecular formula is C14H21NO. The van der Waals surface area contributed by atoms with Crippen LogP contribution in [-0.4, -0.2) is 19.7 Å². The summed E-state index contributed by atoms with van der Waals surface area (Å²) >= 11 is 0. The van der Waals surface area contributed by atoms with Gasteiger partial charge in [0.15, 0.2) is 0 Å². The van der Waals surface area contributed by atoms with Crippen LogP contribution in [0.15, 0.2) is 30.3 Å². The summed E-state index contributed by atoms with van der Waals surface area (Å²) in [6, 6.07) is 8.17. The molecule has 0 aromatic heterocycles. The Balaban J connectivity index is 2.36. The van der Waals surface area contributed by atoms with E-state index >= 15 is 0 Å². The third-order valence-corrected chi connectivity index (χ3v) is 2.24. The van der Waals surface area contributed by atoms with E-state index in [1.54, 1.807) is 0 Å². The van der Waals surface area contributed by atoms with Gasteiger partial charge in [-0.2, -0.15) is 0 Å². The van der Waals surface area contributed by atoms with Crippen molar-refractivity contribution in [2.24, 2.45) is 0 Å². The Morgan fingerprint density at radius 3 is 2.56 bits per heavy atom. The summed E-state index contributed by atoms with van der Waals surface area (Å²) in [6.45, 7) is 6.92. The molecule has 0 aliphatic rings. The fourth-order valence-electron chi connectivity index (χ4n) is 1.42. The highest BCUT2D eigenvalue weighted by Gasteiger charge is 1.90. The van der Waals surface area contributed by atoms with Gasteiger partial charge in [0, 0.05) is 0 Å². The summed E-state index contributed by atoms with van der Waals surface area (Å²) in [5.74, 6) is 0.937. The molecule has 2 heteroatoms. The molecule has 88 valence electrons. The molecule has 0 unspecified atom stereocenters. The van der Waals surface area contributed by atoms with Crippen LogP contribution in [-0.2, 0) is 0 Å². The highest BCUT2D eigenvalue weighted by atomic mass is 16.5. The standard InChI is InChI=1S/C14H21NO/c1-3-15-12-6-5-7-13-8-10-14(11-9-13)16-4-2/h5,7-11,15H,3-4,6,12H2,1-2H3. The molecular weight excluding hydrogens is 198 g/mol. The maximum absolute atomic E-state index is 5.38. The molecule has 2 nitrogen and oxygen atoms in total. The van der Waals surface area contributed by atoms with Gasteiger partial charge >= 0.3 is 0 Å². The smallest absolute Gasteiger partial charge is 0.119 e. The van der Waals surface area contributed by atoms with E-state index in [0.29, 0.717) is 0 Å². The lowest BCUT2D eigenvalue weighted by Crippen LogP contribution is -2.12. The van der Waals surface area contributed by atoms with Gasteiger partial charge in [-0.3, -0.25) is 0 Å². The van der Waals surface area contributed by atoms with Crippen molar-refractivity contribution in [3.05, 3.63) is 35.9 Å². The van der Waals surface area contributed by atoms with E-state index in [9.17, 15) is 0 Å². The van der Waals surface area contributed by atoms with Gasteiger partial charge in [0.25, 0.3) is 0 Å². The van der Waals surface area contributed by atoms with Crippen molar-refractivity contribution >= 4 is 6.08 Å². The molecule has 0 radical (unpaired) electrons. The second kappa shape index (κ2) is 7.94. The van der Waals surface area contributed by atoms with Crippen LogP contribution in [0.5, 0.6) is 5.75 Å². The first-order valence-electron chi connectivity index (χ1n) is 5.97. The normalized spacial score (nSPS) is 10.9. The topological polar surface area (TPSA) is 21.3 Å². The van der Waals surface area contributed by atoms with Crippen LogP contribution in [0.4, 0.5) is 0 Å². The predicted molar refractivity (Wildman–Crippen MR) is 69.8 cm³/mol. The first-order chi connectivity index (χ1) is 7.86. The van der Waals surface area contributed by atoms with Gasteiger partial charge in [0.05, 0.1) is 6.61 Å². The van der Waals surface area contributed by atoms with Crippen LogP contribution in [0.2, 0.25) is 0 Å². The fraction of sp³-hybridized carbons (Fsp3) is 0.429. The van der Waals surface area contributed by atoms with E-state index in [4.69, 9.17) is 4.74 Å². The highest BCUT2D eigenvalue weighted by Crippen LogP contribution is 2.13. The summed E-state index contributed by atoms with van der Waals surface area (Å²) < 4.78 is 5.38. The van der Waals surface area contributed by atoms with Gasteiger partial charge < -0.3 is 10.1 Å². The van der Waals surface area contributed by atoms with Crippen LogP contribution in [0.25, 0.3) is 6.08 Å². The summed E-state index contributed by atoms with van der Waals surface area (Å²) in [7, 11) is 0. The van der Waals surface area contributed by atoms with Crippen molar-refractivity contribution < 1.29 is 4.74 Å². The minimum absolute atomic E-state index is 0.720. The lowest BCUT2D eigenvalue weighted by Gasteiger charge is -2.02. The number of hydrogen-bond donors (Lipinski definition) is 1. The molecule has 0 aliphatic heterocycles. The van der Waals surface area contributed by atoms with Crippen molar-refractivity contribution in [3.8, 4) is 5.75 Å². The number of rotatable bonds is 7. The van der Waals surface area contributed by atoms with Crippen molar-refractivity contribution in [2.45, 2.75) is 20.3 Å². The maximum Gasteiger partial charge on any atom is 0.119 e. The molecule has 0 atom stereocenters. The van der Waals surface area contributed by atoms with Crippen molar-refractivity contribution in [1.29, 1.82) is 0 Å². The van der Waals surface area contributed by atoms with Gasteiger partial charge in [-0.25, -0.2) is 0 Å². The third-order valence-electron chi connectivity index (χ3n) is 2.24. The molecule has 0 aliphatic carbocycles. The van der Waals surface area contributed by atoms with Gasteiger partial charge in [0.2, 0.25) is 0 Å². The van der Waals surface area contributed by atoms with Crippen LogP contribution in [0.1, 0.15) is 25.8 Å². The molecule has 0 saturated heterocycles. The monoisotopic (exact) mass is 219 g/mol. The predicted octanol–water partition coefficient (Wildman–Crippen LogP) is 3.10. The van der Waals surface area contributed by atoms with E-state index in [0.717, 1.165) is 31.9 Å². The first kappa shape index (κ1) is 12.8. The van der Waals surface area contributed by atoms with Crippen LogP contribution in [0.3, 0.4) is 0 Å². The quantitative estimate of drug-likeness (QED) is 0.711. The lowest BCUT2D eigenvalue weighted by molar-refractivity contribution is 0.340. The summed E-state index contributed by atoms with van der Waals surface area (Å²) in [5.41, 5.74) is 1.22. The zero-order valence-electron chi connectivity index (χ0n) is 10.2. The minimum Gasteiger partial charge on any atom is -0.494 e. The summed E-state index contributed by atoms with van der Waals surface area (Å²) in [4.78, 5) is 0. The Bertz CT molecular complexity index is 303. The molecule has 0 bridgehead atoms. The zero-order valence-corrected chi connectivity index (χ0v) is 10.2. The Hall–Kier alpha value is -1.28. The van der Waals surface area contributed by atoms with Crippen molar-refractivity contribution in [1.82, 2.24) is 5.32 Å². The molecule has 1 aromatic rings. The molecule has 0 amide bonds. The molecule has 0 spiro atoms. The van der Waals surface area contributed by atoms with Crippen LogP contribution in [0, 0.1) is 0 Å². The van der Waals surface area contributed by atoms with Gasteiger partial charge in [-0.1, -0.05) is 31.2 Å². The summed E-state index contributed by atoms with van der Waals surface area (Å²) in [5, 5.41) is 3.29. The Morgan fingerprint density at radius 2 is 1.94 bits per heavy atom. The number of nitrogens with one attached hydrogen (secondary N) is 1. The molecule has 0 saturated carbocycles. The van der Waals surface area contributed by atoms with E-state index in [1.807, 2.05) is 19.1 Å². The van der Waals surface area contributed by atoms with Crippen LogP contribution >= 0.6 is 0 Å². The highest BCUT2D eigenvalue weighted by molar-refractivity contribution is 5.50. The molecule has 1 N–H and O–H groups in total. The van der Waals surface area contributed by atoms with E-state index < -0.39 is 0 Å². The van der Waals surface area contributed by atoms with Gasteiger partial charge in [0.1, 0.15) is 5.75 Å². The fourth-order valence-corrected chi connectivity index (χ4v) is 1.42. The largest absolute Gasteiger partial charge is 0.494 e. The number of benzene rings is 1. The SMILES string of the molecule is CCNCCC=Cc1ccc(OCC)cc1. The second-order valence-electron chi connectivity index (χ2n) is 3.55. The Morgan fingerprint density at radius 1 is 1.19 bits per heavy atom. The van der Waals surface area contributed by atoms with Crippen molar-refractivity contribution in [3.63, 3.8) is 0 Å². The Kier molecular flexibility index (Phi) is 6.35. The molecule has 0 heterocycles. The molecule has 1 rings (SSSR count). The minimum atomic E-state index is 0.720. The summed E-state index contributed by atoms with van der Waals surface area (Å²) in [6.07, 6.45) is 5.41.